The van der Waals surface area contributed by atoms with Crippen molar-refractivity contribution < 1.29 is 22.7 Å². The van der Waals surface area contributed by atoms with E-state index in [0.29, 0.717) is 6.61 Å². The van der Waals surface area contributed by atoms with Crippen LogP contribution in [0.2, 0.25) is 0 Å². The molecule has 1 saturated heterocycles. The zero-order valence-electron chi connectivity index (χ0n) is 13.0. The number of benzene rings is 1. The normalized spacial score (nSPS) is 21.9. The summed E-state index contributed by atoms with van der Waals surface area (Å²) in [5.41, 5.74) is 0.380. The van der Waals surface area contributed by atoms with Crippen LogP contribution in [-0.2, 0) is 31.5 Å². The standard InChI is InChI=1S/C15H21NO5S/c1-15(2,3)21-14(17)16-13(11-20-22(16)18)10-19-9-12-7-5-4-6-8-12/h4-8,13H,9-11H2,1-3H3/t13-,22?/m1/s1. The zero-order valence-corrected chi connectivity index (χ0v) is 13.8. The van der Waals surface area contributed by atoms with E-state index in [1.165, 1.54) is 0 Å². The molecule has 1 unspecified atom stereocenters. The molecule has 0 spiro atoms. The lowest BCUT2D eigenvalue weighted by molar-refractivity contribution is 0.0241. The molecule has 1 fully saturated rings. The first-order valence-electron chi connectivity index (χ1n) is 7.06. The Labute approximate surface area is 133 Å². The first-order valence-corrected chi connectivity index (χ1v) is 8.09. The van der Waals surface area contributed by atoms with Crippen LogP contribution in [0.1, 0.15) is 26.3 Å². The highest BCUT2D eigenvalue weighted by Crippen LogP contribution is 2.20. The van der Waals surface area contributed by atoms with Crippen molar-refractivity contribution in [2.24, 2.45) is 0 Å². The maximum atomic E-state index is 12.1. The Kier molecular flexibility index (Phi) is 5.55. The van der Waals surface area contributed by atoms with Crippen LogP contribution < -0.4 is 0 Å². The van der Waals surface area contributed by atoms with Gasteiger partial charge in [-0.15, -0.1) is 0 Å². The molecule has 1 amide bonds. The first-order chi connectivity index (χ1) is 10.4. The van der Waals surface area contributed by atoms with Crippen molar-refractivity contribution in [3.8, 4) is 0 Å². The second kappa shape index (κ2) is 7.21. The molecule has 0 radical (unpaired) electrons. The Hall–Kier alpha value is -1.44. The van der Waals surface area contributed by atoms with Gasteiger partial charge in [0.25, 0.3) is 11.3 Å². The number of hydrogen-bond donors (Lipinski definition) is 0. The van der Waals surface area contributed by atoms with E-state index in [2.05, 4.69) is 0 Å². The molecule has 0 aromatic heterocycles. The lowest BCUT2D eigenvalue weighted by atomic mass is 10.2. The van der Waals surface area contributed by atoms with Crippen LogP contribution in [0.3, 0.4) is 0 Å². The number of ether oxygens (including phenoxy) is 2. The third-order valence-corrected chi connectivity index (χ3v) is 3.95. The van der Waals surface area contributed by atoms with Gasteiger partial charge < -0.3 is 9.47 Å². The summed E-state index contributed by atoms with van der Waals surface area (Å²) in [7, 11) is 0. The van der Waals surface area contributed by atoms with Crippen LogP contribution in [0, 0.1) is 0 Å². The molecule has 1 aliphatic heterocycles. The third kappa shape index (κ3) is 4.79. The number of nitrogens with zero attached hydrogens (tertiary/aromatic N) is 1. The molecule has 2 rings (SSSR count). The van der Waals surface area contributed by atoms with Crippen molar-refractivity contribution in [2.75, 3.05) is 13.2 Å². The molecule has 22 heavy (non-hydrogen) atoms. The number of rotatable bonds is 4. The maximum Gasteiger partial charge on any atom is 0.424 e. The van der Waals surface area contributed by atoms with Crippen molar-refractivity contribution in [1.29, 1.82) is 0 Å². The van der Waals surface area contributed by atoms with Gasteiger partial charge in [0, 0.05) is 0 Å². The average molecular weight is 327 g/mol. The molecule has 0 N–H and O–H groups in total. The van der Waals surface area contributed by atoms with Crippen LogP contribution in [0.25, 0.3) is 0 Å². The fourth-order valence-corrected chi connectivity index (χ4v) is 2.81. The highest BCUT2D eigenvalue weighted by atomic mass is 32.2. The van der Waals surface area contributed by atoms with Gasteiger partial charge >= 0.3 is 6.09 Å². The molecule has 0 aliphatic carbocycles. The van der Waals surface area contributed by atoms with Gasteiger partial charge in [-0.05, 0) is 26.3 Å². The van der Waals surface area contributed by atoms with Gasteiger partial charge in [0.2, 0.25) is 0 Å². The predicted molar refractivity (Wildman–Crippen MR) is 82.1 cm³/mol. The summed E-state index contributed by atoms with van der Waals surface area (Å²) in [6, 6.07) is 9.28. The largest absolute Gasteiger partial charge is 0.443 e. The van der Waals surface area contributed by atoms with Crippen LogP contribution in [0.5, 0.6) is 0 Å². The van der Waals surface area contributed by atoms with Gasteiger partial charge in [-0.1, -0.05) is 30.3 Å². The summed E-state index contributed by atoms with van der Waals surface area (Å²) in [6.45, 7) is 6.09. The first kappa shape index (κ1) is 16.9. The lowest BCUT2D eigenvalue weighted by Crippen LogP contribution is -2.42. The van der Waals surface area contributed by atoms with Crippen LogP contribution in [0.15, 0.2) is 30.3 Å². The van der Waals surface area contributed by atoms with Gasteiger partial charge in [-0.2, -0.15) is 4.31 Å². The SMILES string of the molecule is CC(C)(C)OC(=O)N1[C@H](COCc2ccccc2)COS1=O. The molecule has 0 saturated carbocycles. The van der Waals surface area contributed by atoms with Gasteiger partial charge in [0.1, 0.15) is 5.60 Å². The molecule has 7 heteroatoms. The number of carbonyl (C=O) groups excluding carboxylic acids is 1. The Morgan fingerprint density at radius 3 is 2.68 bits per heavy atom. The van der Waals surface area contributed by atoms with Gasteiger partial charge in [-0.25, -0.2) is 9.00 Å². The molecule has 6 nitrogen and oxygen atoms in total. The molecule has 1 heterocycles. The van der Waals surface area contributed by atoms with Gasteiger partial charge in [0.15, 0.2) is 0 Å². The van der Waals surface area contributed by atoms with Crippen LogP contribution in [0.4, 0.5) is 4.79 Å². The smallest absolute Gasteiger partial charge is 0.424 e. The van der Waals surface area contributed by atoms with Crippen molar-refractivity contribution in [1.82, 2.24) is 4.31 Å². The van der Waals surface area contributed by atoms with E-state index in [9.17, 15) is 9.00 Å². The van der Waals surface area contributed by atoms with E-state index in [0.717, 1.165) is 9.87 Å². The van der Waals surface area contributed by atoms with E-state index in [4.69, 9.17) is 13.7 Å². The fourth-order valence-electron chi connectivity index (χ4n) is 1.90. The quantitative estimate of drug-likeness (QED) is 0.850. The van der Waals surface area contributed by atoms with Crippen LogP contribution in [-0.4, -0.2) is 39.5 Å². The molecule has 2 atom stereocenters. The molecule has 1 aromatic rings. The molecular weight excluding hydrogens is 306 g/mol. The summed E-state index contributed by atoms with van der Waals surface area (Å²) < 4.78 is 28.8. The minimum Gasteiger partial charge on any atom is -0.443 e. The Morgan fingerprint density at radius 2 is 2.05 bits per heavy atom. The number of carbonyl (C=O) groups is 1. The van der Waals surface area contributed by atoms with E-state index in [1.807, 2.05) is 30.3 Å². The lowest BCUT2D eigenvalue weighted by Gasteiger charge is -2.25. The minimum absolute atomic E-state index is 0.167. The maximum absolute atomic E-state index is 12.1. The summed E-state index contributed by atoms with van der Waals surface area (Å²) in [5.74, 6) is 0. The third-order valence-electron chi connectivity index (χ3n) is 2.85. The monoisotopic (exact) mass is 327 g/mol. The van der Waals surface area contributed by atoms with Crippen LogP contribution >= 0.6 is 0 Å². The van der Waals surface area contributed by atoms with E-state index in [1.54, 1.807) is 20.8 Å². The van der Waals surface area contributed by atoms with Crippen molar-refractivity contribution in [3.05, 3.63) is 35.9 Å². The molecule has 1 aromatic carbocycles. The second-order valence-electron chi connectivity index (χ2n) is 5.96. The predicted octanol–water partition coefficient (Wildman–Crippen LogP) is 2.42. The summed E-state index contributed by atoms with van der Waals surface area (Å²) in [6.07, 6.45) is -0.656. The van der Waals surface area contributed by atoms with Crippen molar-refractivity contribution in [3.63, 3.8) is 0 Å². The highest BCUT2D eigenvalue weighted by Gasteiger charge is 2.39. The number of hydrogen-bond acceptors (Lipinski definition) is 5. The highest BCUT2D eigenvalue weighted by molar-refractivity contribution is 7.78. The topological polar surface area (TPSA) is 65.1 Å². The van der Waals surface area contributed by atoms with Gasteiger partial charge in [0.05, 0.1) is 25.9 Å². The average Bonchev–Trinajstić information content (AvgIpc) is 2.79. The van der Waals surface area contributed by atoms with E-state index in [-0.39, 0.29) is 13.2 Å². The van der Waals surface area contributed by atoms with Gasteiger partial charge in [-0.3, -0.25) is 4.18 Å². The van der Waals surface area contributed by atoms with Crippen molar-refractivity contribution in [2.45, 2.75) is 39.0 Å². The second-order valence-corrected chi connectivity index (χ2v) is 7.03. The summed E-state index contributed by atoms with van der Waals surface area (Å²) in [5, 5.41) is 0. The van der Waals surface area contributed by atoms with Crippen molar-refractivity contribution >= 4 is 17.4 Å². The summed E-state index contributed by atoms with van der Waals surface area (Å²) in [4.78, 5) is 12.1. The van der Waals surface area contributed by atoms with E-state index >= 15 is 0 Å². The van der Waals surface area contributed by atoms with E-state index < -0.39 is 29.0 Å². The number of amides is 1. The Bertz CT molecular complexity index is 528. The Balaban J connectivity index is 1.89. The summed E-state index contributed by atoms with van der Waals surface area (Å²) >= 11 is -1.82. The molecular formula is C15H21NO5S. The molecule has 1 aliphatic rings. The molecule has 0 bridgehead atoms. The Morgan fingerprint density at radius 1 is 1.36 bits per heavy atom. The minimum atomic E-state index is -1.82. The molecule has 122 valence electrons. The zero-order chi connectivity index (χ0) is 16.2. The fraction of sp³-hybridized carbons (Fsp3) is 0.533.